The van der Waals surface area contributed by atoms with Crippen LogP contribution in [0.25, 0.3) is 0 Å². The number of rotatable bonds is 1. The van der Waals surface area contributed by atoms with Gasteiger partial charge in [-0.3, -0.25) is 0 Å². The molecule has 4 fully saturated rings. The first kappa shape index (κ1) is 16.9. The summed E-state index contributed by atoms with van der Waals surface area (Å²) in [4.78, 5) is 0. The Morgan fingerprint density at radius 1 is 1.00 bits per heavy atom. The molecule has 1 N–H and O–H groups in total. The summed E-state index contributed by atoms with van der Waals surface area (Å²) in [6, 6.07) is 0. The smallest absolute Gasteiger partial charge is 0.0819 e. The van der Waals surface area contributed by atoms with Crippen molar-refractivity contribution in [3.05, 3.63) is 11.8 Å². The summed E-state index contributed by atoms with van der Waals surface area (Å²) >= 11 is 0. The van der Waals surface area contributed by atoms with Gasteiger partial charge in [-0.2, -0.15) is 0 Å². The fraction of sp³-hybridized carbons (Fsp3) is 0.909. The lowest BCUT2D eigenvalue weighted by atomic mass is 9.44. The molecule has 7 atom stereocenters. The highest BCUT2D eigenvalue weighted by Gasteiger charge is 2.63. The Bertz CT molecular complexity index is 536. The van der Waals surface area contributed by atoms with Crippen LogP contribution in [0.2, 0.25) is 0 Å². The van der Waals surface area contributed by atoms with E-state index >= 15 is 0 Å². The summed E-state index contributed by atoms with van der Waals surface area (Å²) in [6.45, 7) is 7.10. The molecule has 0 spiro atoms. The molecule has 0 aromatic heterocycles. The Morgan fingerprint density at radius 2 is 1.75 bits per heavy atom. The van der Waals surface area contributed by atoms with E-state index in [-0.39, 0.29) is 5.41 Å². The molecule has 0 aromatic rings. The molecule has 0 heterocycles. The quantitative estimate of drug-likeness (QED) is 0.659. The summed E-state index contributed by atoms with van der Waals surface area (Å²) in [6.07, 6.45) is 13.5. The Balaban J connectivity index is 1.66. The van der Waals surface area contributed by atoms with Crippen LogP contribution in [-0.2, 0) is 4.74 Å². The predicted molar refractivity (Wildman–Crippen MR) is 97.4 cm³/mol. The van der Waals surface area contributed by atoms with Gasteiger partial charge in [0, 0.05) is 0 Å². The summed E-state index contributed by atoms with van der Waals surface area (Å²) < 4.78 is 5.43. The van der Waals surface area contributed by atoms with Crippen molar-refractivity contribution in [3.63, 3.8) is 0 Å². The van der Waals surface area contributed by atoms with E-state index in [4.69, 9.17) is 4.74 Å². The minimum atomic E-state index is -0.450. The maximum Gasteiger partial charge on any atom is 0.0819 e. The zero-order valence-corrected chi connectivity index (χ0v) is 16.1. The molecule has 4 aliphatic carbocycles. The van der Waals surface area contributed by atoms with Crippen molar-refractivity contribution in [2.24, 2.45) is 34.5 Å². The molecule has 2 nitrogen and oxygen atoms in total. The fourth-order valence-corrected chi connectivity index (χ4v) is 7.81. The molecule has 2 heteroatoms. The molecule has 0 aromatic carbocycles. The molecule has 4 aliphatic rings. The third-order valence-corrected chi connectivity index (χ3v) is 9.33. The molecular formula is C22H36O2. The van der Waals surface area contributed by atoms with Gasteiger partial charge in [-0.1, -0.05) is 13.8 Å². The first-order valence-electron chi connectivity index (χ1n) is 10.3. The van der Waals surface area contributed by atoms with Gasteiger partial charge in [0.25, 0.3) is 0 Å². The van der Waals surface area contributed by atoms with Gasteiger partial charge < -0.3 is 9.84 Å². The van der Waals surface area contributed by atoms with Crippen LogP contribution in [0.5, 0.6) is 0 Å². The molecule has 136 valence electrons. The second-order valence-electron chi connectivity index (χ2n) is 10.1. The number of hydrogen-bond donors (Lipinski definition) is 1. The minimum absolute atomic E-state index is 0.150. The molecule has 0 amide bonds. The number of methoxy groups -OCH3 is 1. The first-order valence-corrected chi connectivity index (χ1v) is 10.3. The summed E-state index contributed by atoms with van der Waals surface area (Å²) in [5.41, 5.74) is 1.74. The van der Waals surface area contributed by atoms with Crippen LogP contribution in [0.4, 0.5) is 0 Å². The lowest BCUT2D eigenvalue weighted by Crippen LogP contribution is -2.55. The predicted octanol–water partition coefficient (Wildman–Crippen LogP) is 5.31. The molecule has 4 saturated carbocycles. The molecule has 0 radical (unpaired) electrons. The maximum absolute atomic E-state index is 11.0. The van der Waals surface area contributed by atoms with E-state index in [0.29, 0.717) is 5.41 Å². The summed E-state index contributed by atoms with van der Waals surface area (Å²) in [7, 11) is 1.80. The third kappa shape index (κ3) is 2.11. The van der Waals surface area contributed by atoms with Crippen LogP contribution >= 0.6 is 0 Å². The molecule has 0 aliphatic heterocycles. The second kappa shape index (κ2) is 5.50. The molecule has 24 heavy (non-hydrogen) atoms. The highest BCUT2D eigenvalue weighted by atomic mass is 16.5. The van der Waals surface area contributed by atoms with Gasteiger partial charge in [0.2, 0.25) is 0 Å². The lowest BCUT2D eigenvalue weighted by Gasteiger charge is -2.61. The number of allylic oxidation sites excluding steroid dienone is 1. The van der Waals surface area contributed by atoms with E-state index in [1.807, 2.05) is 0 Å². The average molecular weight is 333 g/mol. The topological polar surface area (TPSA) is 29.5 Å². The van der Waals surface area contributed by atoms with Gasteiger partial charge in [0.15, 0.2) is 0 Å². The number of fused-ring (bicyclic) bond motifs is 5. The van der Waals surface area contributed by atoms with Crippen molar-refractivity contribution in [2.45, 2.75) is 84.2 Å². The van der Waals surface area contributed by atoms with Gasteiger partial charge in [0.05, 0.1) is 19.0 Å². The van der Waals surface area contributed by atoms with Gasteiger partial charge >= 0.3 is 0 Å². The van der Waals surface area contributed by atoms with Crippen molar-refractivity contribution in [1.82, 2.24) is 0 Å². The molecule has 0 unspecified atom stereocenters. The SMILES string of the molecule is CO/C=C1\CCC[C@@]2(C)[C@H]1CC[C@@H]1[C@@H]2CC[C@@]2(C)[C@H]1CC[C@]2(C)O. The van der Waals surface area contributed by atoms with Gasteiger partial charge in [-0.15, -0.1) is 0 Å². The molecule has 4 rings (SSSR count). The minimum Gasteiger partial charge on any atom is -0.504 e. The van der Waals surface area contributed by atoms with E-state index in [9.17, 15) is 5.11 Å². The standard InChI is InChI=1S/C22H36O2/c1-20-11-5-6-15(14-24-4)17(20)8-7-16-18(20)9-12-21(2)19(16)10-13-22(21,3)23/h14,16-19,23H,5-13H2,1-4H3/b15-14+/t16-,17+,18+,19+,20+,21+,22+/m1/s1. The number of hydrogen-bond acceptors (Lipinski definition) is 2. The normalized spacial score (nSPS) is 55.6. The zero-order valence-electron chi connectivity index (χ0n) is 16.1. The monoisotopic (exact) mass is 332 g/mol. The Hall–Kier alpha value is -0.500. The first-order chi connectivity index (χ1) is 11.3. The van der Waals surface area contributed by atoms with Crippen molar-refractivity contribution >= 4 is 0 Å². The fourth-order valence-electron chi connectivity index (χ4n) is 7.81. The average Bonchev–Trinajstić information content (AvgIpc) is 2.77. The number of ether oxygens (including phenoxy) is 1. The second-order valence-corrected chi connectivity index (χ2v) is 10.1. The van der Waals surface area contributed by atoms with E-state index in [1.165, 1.54) is 51.4 Å². The van der Waals surface area contributed by atoms with Gasteiger partial charge in [-0.25, -0.2) is 0 Å². The third-order valence-electron chi connectivity index (χ3n) is 9.33. The Kier molecular flexibility index (Phi) is 3.88. The van der Waals surface area contributed by atoms with Crippen molar-refractivity contribution in [1.29, 1.82) is 0 Å². The molecule has 0 saturated heterocycles. The van der Waals surface area contributed by atoms with Crippen molar-refractivity contribution in [3.8, 4) is 0 Å². The lowest BCUT2D eigenvalue weighted by molar-refractivity contribution is -0.139. The number of aliphatic hydroxyl groups is 1. The van der Waals surface area contributed by atoms with Gasteiger partial charge in [0.1, 0.15) is 0 Å². The summed E-state index contributed by atoms with van der Waals surface area (Å²) in [5, 5.41) is 11.0. The van der Waals surface area contributed by atoms with Crippen LogP contribution in [0.15, 0.2) is 11.8 Å². The zero-order chi connectivity index (χ0) is 17.2. The van der Waals surface area contributed by atoms with E-state index in [2.05, 4.69) is 27.0 Å². The van der Waals surface area contributed by atoms with Crippen LogP contribution in [0, 0.1) is 34.5 Å². The van der Waals surface area contributed by atoms with E-state index in [0.717, 1.165) is 30.1 Å². The van der Waals surface area contributed by atoms with Gasteiger partial charge in [-0.05, 0) is 105 Å². The van der Waals surface area contributed by atoms with Crippen molar-refractivity contribution in [2.75, 3.05) is 7.11 Å². The largest absolute Gasteiger partial charge is 0.504 e. The van der Waals surface area contributed by atoms with Crippen LogP contribution < -0.4 is 0 Å². The van der Waals surface area contributed by atoms with E-state index < -0.39 is 5.60 Å². The summed E-state index contributed by atoms with van der Waals surface area (Å²) in [5.74, 6) is 3.16. The van der Waals surface area contributed by atoms with Crippen LogP contribution in [0.1, 0.15) is 78.6 Å². The highest BCUT2D eigenvalue weighted by molar-refractivity contribution is 5.19. The van der Waals surface area contributed by atoms with Crippen LogP contribution in [0.3, 0.4) is 0 Å². The highest BCUT2D eigenvalue weighted by Crippen LogP contribution is 2.68. The van der Waals surface area contributed by atoms with Crippen molar-refractivity contribution < 1.29 is 9.84 Å². The Labute approximate surface area is 148 Å². The molecule has 0 bridgehead atoms. The van der Waals surface area contributed by atoms with E-state index in [1.54, 1.807) is 12.7 Å². The molecular weight excluding hydrogens is 296 g/mol. The van der Waals surface area contributed by atoms with Crippen LogP contribution in [-0.4, -0.2) is 17.8 Å². The maximum atomic E-state index is 11.0. The Morgan fingerprint density at radius 3 is 2.50 bits per heavy atom.